The molecule has 1 rings (SSSR count). The lowest BCUT2D eigenvalue weighted by atomic mass is 9.89. The highest BCUT2D eigenvalue weighted by Gasteiger charge is 2.22. The van der Waals surface area contributed by atoms with Gasteiger partial charge >= 0.3 is 0 Å². The lowest BCUT2D eigenvalue weighted by Gasteiger charge is -2.25. The van der Waals surface area contributed by atoms with E-state index < -0.39 is 0 Å². The molecule has 1 amide bonds. The normalized spacial score (nSPS) is 23.2. The van der Waals surface area contributed by atoms with E-state index in [9.17, 15) is 4.79 Å². The fraction of sp³-hybridized carbons (Fsp3) is 0.929. The zero-order chi connectivity index (χ0) is 12.9. The van der Waals surface area contributed by atoms with Gasteiger partial charge in [0.05, 0.1) is 5.92 Å². The van der Waals surface area contributed by atoms with Gasteiger partial charge in [0.15, 0.2) is 0 Å². The molecule has 0 radical (unpaired) electrons. The van der Waals surface area contributed by atoms with E-state index in [1.807, 2.05) is 0 Å². The van der Waals surface area contributed by atoms with E-state index in [0.29, 0.717) is 11.5 Å². The van der Waals surface area contributed by atoms with Crippen molar-refractivity contribution in [1.29, 1.82) is 0 Å². The van der Waals surface area contributed by atoms with Gasteiger partial charge in [-0.05, 0) is 44.6 Å². The molecular weight excluding hydrogens is 212 g/mol. The average Bonchev–Trinajstić information content (AvgIpc) is 2.27. The number of piperidine rings is 1. The zero-order valence-electron chi connectivity index (χ0n) is 11.8. The van der Waals surface area contributed by atoms with Crippen molar-refractivity contribution in [2.75, 3.05) is 13.1 Å². The number of carbonyl (C=O) groups is 1. The average molecular weight is 240 g/mol. The number of hydrogen-bond acceptors (Lipinski definition) is 2. The largest absolute Gasteiger partial charge is 0.353 e. The Balaban J connectivity index is 2.25. The van der Waals surface area contributed by atoms with E-state index in [-0.39, 0.29) is 11.8 Å². The van der Waals surface area contributed by atoms with Crippen molar-refractivity contribution >= 4 is 5.91 Å². The van der Waals surface area contributed by atoms with Crippen molar-refractivity contribution in [3.8, 4) is 0 Å². The van der Waals surface area contributed by atoms with E-state index in [4.69, 9.17) is 0 Å². The lowest BCUT2D eigenvalue weighted by molar-refractivity contribution is -0.126. The molecule has 0 saturated carbocycles. The first-order chi connectivity index (χ1) is 7.88. The van der Waals surface area contributed by atoms with Crippen molar-refractivity contribution < 1.29 is 4.79 Å². The van der Waals surface area contributed by atoms with Crippen LogP contribution in [-0.2, 0) is 4.79 Å². The molecule has 2 N–H and O–H groups in total. The maximum absolute atomic E-state index is 12.0. The lowest BCUT2D eigenvalue weighted by Crippen LogP contribution is -2.43. The molecule has 0 aromatic carbocycles. The Morgan fingerprint density at radius 2 is 2.18 bits per heavy atom. The SMILES string of the molecule is CC(CCC(C)(C)C)NC(=O)C1CCCNC1. The first kappa shape index (κ1) is 14.5. The van der Waals surface area contributed by atoms with Crippen LogP contribution in [0.3, 0.4) is 0 Å². The van der Waals surface area contributed by atoms with Gasteiger partial charge in [-0.2, -0.15) is 0 Å². The Bertz CT molecular complexity index is 239. The Kier molecular flexibility index (Phi) is 5.44. The molecule has 17 heavy (non-hydrogen) atoms. The summed E-state index contributed by atoms with van der Waals surface area (Å²) in [5.41, 5.74) is 0.353. The molecule has 2 unspecified atom stereocenters. The second-order valence-corrected chi connectivity index (χ2v) is 6.55. The third-order valence-electron chi connectivity index (χ3n) is 3.38. The Hall–Kier alpha value is -0.570. The number of amides is 1. The molecule has 1 heterocycles. The highest BCUT2D eigenvalue weighted by atomic mass is 16.1. The number of nitrogens with one attached hydrogen (secondary N) is 2. The fourth-order valence-electron chi connectivity index (χ4n) is 2.16. The predicted octanol–water partition coefficient (Wildman–Crippen LogP) is 2.32. The monoisotopic (exact) mass is 240 g/mol. The number of hydrogen-bond donors (Lipinski definition) is 2. The van der Waals surface area contributed by atoms with Gasteiger partial charge in [-0.25, -0.2) is 0 Å². The van der Waals surface area contributed by atoms with Crippen LogP contribution in [0.15, 0.2) is 0 Å². The highest BCUT2D eigenvalue weighted by Crippen LogP contribution is 2.21. The minimum atomic E-state index is 0.181. The zero-order valence-corrected chi connectivity index (χ0v) is 11.8. The van der Waals surface area contributed by atoms with Gasteiger partial charge in [-0.15, -0.1) is 0 Å². The van der Waals surface area contributed by atoms with E-state index in [1.165, 1.54) is 0 Å². The summed E-state index contributed by atoms with van der Waals surface area (Å²) in [7, 11) is 0. The van der Waals surface area contributed by atoms with Crippen LogP contribution >= 0.6 is 0 Å². The highest BCUT2D eigenvalue weighted by molar-refractivity contribution is 5.79. The van der Waals surface area contributed by atoms with Gasteiger partial charge in [0.1, 0.15) is 0 Å². The van der Waals surface area contributed by atoms with E-state index in [0.717, 1.165) is 38.8 Å². The summed E-state index contributed by atoms with van der Waals surface area (Å²) in [4.78, 5) is 12.0. The van der Waals surface area contributed by atoms with Crippen LogP contribution in [0.25, 0.3) is 0 Å². The first-order valence-corrected chi connectivity index (χ1v) is 6.89. The molecular formula is C14H28N2O. The summed E-state index contributed by atoms with van der Waals surface area (Å²) in [6.45, 7) is 10.7. The first-order valence-electron chi connectivity index (χ1n) is 6.89. The molecule has 0 aromatic heterocycles. The minimum Gasteiger partial charge on any atom is -0.353 e. The van der Waals surface area contributed by atoms with Crippen LogP contribution in [0.5, 0.6) is 0 Å². The molecule has 3 heteroatoms. The maximum Gasteiger partial charge on any atom is 0.224 e. The van der Waals surface area contributed by atoms with Gasteiger partial charge in [-0.1, -0.05) is 20.8 Å². The molecule has 1 aliphatic heterocycles. The van der Waals surface area contributed by atoms with Gasteiger partial charge in [0.25, 0.3) is 0 Å². The molecule has 1 saturated heterocycles. The molecule has 0 bridgehead atoms. The van der Waals surface area contributed by atoms with Crippen LogP contribution < -0.4 is 10.6 Å². The van der Waals surface area contributed by atoms with Crippen molar-refractivity contribution in [3.05, 3.63) is 0 Å². The van der Waals surface area contributed by atoms with E-state index in [1.54, 1.807) is 0 Å². The molecule has 1 aliphatic rings. The van der Waals surface area contributed by atoms with Crippen LogP contribution in [0.1, 0.15) is 53.4 Å². The topological polar surface area (TPSA) is 41.1 Å². The Labute approximate surface area is 106 Å². The summed E-state index contributed by atoms with van der Waals surface area (Å²) in [6, 6.07) is 0.295. The third-order valence-corrected chi connectivity index (χ3v) is 3.38. The summed E-state index contributed by atoms with van der Waals surface area (Å²) < 4.78 is 0. The van der Waals surface area contributed by atoms with Gasteiger partial charge in [-0.3, -0.25) is 4.79 Å². The molecule has 100 valence electrons. The smallest absolute Gasteiger partial charge is 0.224 e. The second-order valence-electron chi connectivity index (χ2n) is 6.55. The molecule has 1 fully saturated rings. The molecule has 0 aliphatic carbocycles. The fourth-order valence-corrected chi connectivity index (χ4v) is 2.16. The number of rotatable bonds is 4. The van der Waals surface area contributed by atoms with Crippen molar-refractivity contribution in [3.63, 3.8) is 0 Å². The summed E-state index contributed by atoms with van der Waals surface area (Å²) in [5.74, 6) is 0.416. The Morgan fingerprint density at radius 3 is 2.71 bits per heavy atom. The molecule has 2 atom stereocenters. The van der Waals surface area contributed by atoms with E-state index in [2.05, 4.69) is 38.3 Å². The van der Waals surface area contributed by atoms with Crippen LogP contribution in [0, 0.1) is 11.3 Å². The summed E-state index contributed by atoms with van der Waals surface area (Å²) >= 11 is 0. The van der Waals surface area contributed by atoms with Crippen molar-refractivity contribution in [2.45, 2.75) is 59.4 Å². The van der Waals surface area contributed by atoms with Gasteiger partial charge < -0.3 is 10.6 Å². The van der Waals surface area contributed by atoms with Crippen LogP contribution in [-0.4, -0.2) is 25.0 Å². The quantitative estimate of drug-likeness (QED) is 0.792. The molecule has 0 aromatic rings. The van der Waals surface area contributed by atoms with Gasteiger partial charge in [0.2, 0.25) is 5.91 Å². The van der Waals surface area contributed by atoms with E-state index >= 15 is 0 Å². The summed E-state index contributed by atoms with van der Waals surface area (Å²) in [5, 5.41) is 6.43. The molecule has 0 spiro atoms. The van der Waals surface area contributed by atoms with Crippen LogP contribution in [0.2, 0.25) is 0 Å². The van der Waals surface area contributed by atoms with Crippen LogP contribution in [0.4, 0.5) is 0 Å². The standard InChI is InChI=1S/C14H28N2O/c1-11(7-8-14(2,3)4)16-13(17)12-6-5-9-15-10-12/h11-12,15H,5-10H2,1-4H3,(H,16,17). The van der Waals surface area contributed by atoms with Crippen molar-refractivity contribution in [2.24, 2.45) is 11.3 Å². The number of carbonyl (C=O) groups excluding carboxylic acids is 1. The predicted molar refractivity (Wildman–Crippen MR) is 71.9 cm³/mol. The summed E-state index contributed by atoms with van der Waals surface area (Å²) in [6.07, 6.45) is 4.37. The third kappa shape index (κ3) is 6.06. The van der Waals surface area contributed by atoms with Crippen molar-refractivity contribution in [1.82, 2.24) is 10.6 Å². The second kappa shape index (κ2) is 6.39. The maximum atomic E-state index is 12.0. The Morgan fingerprint density at radius 1 is 1.47 bits per heavy atom. The minimum absolute atomic E-state index is 0.181. The van der Waals surface area contributed by atoms with Gasteiger partial charge in [0, 0.05) is 12.6 Å². The molecule has 3 nitrogen and oxygen atoms in total.